The van der Waals surface area contributed by atoms with Crippen LogP contribution in [0, 0.1) is 6.92 Å². The summed E-state index contributed by atoms with van der Waals surface area (Å²) in [5.74, 6) is 0. The lowest BCUT2D eigenvalue weighted by Gasteiger charge is -2.29. The van der Waals surface area contributed by atoms with Gasteiger partial charge in [0.2, 0.25) is 0 Å². The van der Waals surface area contributed by atoms with Crippen LogP contribution in [0.1, 0.15) is 34.1 Å². The Morgan fingerprint density at radius 2 is 1.50 bits per heavy atom. The summed E-state index contributed by atoms with van der Waals surface area (Å²) in [6.07, 6.45) is 1.01. The summed E-state index contributed by atoms with van der Waals surface area (Å²) >= 11 is 0. The first-order valence-electron chi connectivity index (χ1n) is 4.14. The van der Waals surface area contributed by atoms with E-state index >= 15 is 0 Å². The Balaban J connectivity index is 3.73. The van der Waals surface area contributed by atoms with Crippen LogP contribution < -0.4 is 0 Å². The van der Waals surface area contributed by atoms with Crippen LogP contribution in [0.3, 0.4) is 0 Å². The van der Waals surface area contributed by atoms with E-state index in [9.17, 15) is 0 Å². The fraction of sp³-hybridized carbons (Fsp3) is 0.889. The van der Waals surface area contributed by atoms with E-state index in [2.05, 4.69) is 39.5 Å². The number of rotatable bonds is 4. The summed E-state index contributed by atoms with van der Waals surface area (Å²) in [5, 5.41) is 0. The Kier molecular flexibility index (Phi) is 4.71. The van der Waals surface area contributed by atoms with Gasteiger partial charge in [0.15, 0.2) is 0 Å². The van der Waals surface area contributed by atoms with Gasteiger partial charge >= 0.3 is 0 Å². The summed E-state index contributed by atoms with van der Waals surface area (Å²) in [5.41, 5.74) is 0. The molecular formula is C9H20N. The molecule has 10 heavy (non-hydrogen) atoms. The smallest absolute Gasteiger partial charge is 0.00412 e. The zero-order chi connectivity index (χ0) is 8.15. The second-order valence-corrected chi connectivity index (χ2v) is 3.28. The van der Waals surface area contributed by atoms with Gasteiger partial charge in [-0.3, -0.25) is 4.90 Å². The first-order valence-corrected chi connectivity index (χ1v) is 4.14. The normalized spacial score (nSPS) is 12.0. The molecule has 0 aromatic rings. The minimum Gasteiger partial charge on any atom is -0.299 e. The van der Waals surface area contributed by atoms with Gasteiger partial charge in [-0.05, 0) is 40.7 Å². The molecule has 0 aromatic heterocycles. The van der Waals surface area contributed by atoms with Crippen molar-refractivity contribution in [3.05, 3.63) is 6.92 Å². The lowest BCUT2D eigenvalue weighted by molar-refractivity contribution is 0.178. The molecule has 0 atom stereocenters. The standard InChI is InChI=1S/C9H20N/c1-6-7-10(8(2)3)9(4)5/h8-9H,1,6-7H2,2-5H3. The topological polar surface area (TPSA) is 3.24 Å². The Hall–Kier alpha value is -0.0400. The molecule has 0 rings (SSSR count). The van der Waals surface area contributed by atoms with Crippen molar-refractivity contribution < 1.29 is 0 Å². The van der Waals surface area contributed by atoms with Gasteiger partial charge in [0.05, 0.1) is 0 Å². The van der Waals surface area contributed by atoms with E-state index in [0.717, 1.165) is 13.0 Å². The van der Waals surface area contributed by atoms with Crippen LogP contribution in [0.15, 0.2) is 0 Å². The predicted octanol–water partition coefficient (Wildman–Crippen LogP) is 2.33. The number of nitrogens with zero attached hydrogens (tertiary/aromatic N) is 1. The summed E-state index contributed by atoms with van der Waals surface area (Å²) in [4.78, 5) is 2.45. The van der Waals surface area contributed by atoms with Crippen molar-refractivity contribution in [2.45, 2.75) is 46.2 Å². The van der Waals surface area contributed by atoms with Gasteiger partial charge in [-0.1, -0.05) is 6.92 Å². The molecule has 0 heterocycles. The summed E-state index contributed by atoms with van der Waals surface area (Å²) in [6, 6.07) is 1.31. The first kappa shape index (κ1) is 9.96. The molecule has 0 aliphatic heterocycles. The summed E-state index contributed by atoms with van der Waals surface area (Å²) in [7, 11) is 0. The lowest BCUT2D eigenvalue weighted by Crippen LogP contribution is -2.37. The van der Waals surface area contributed by atoms with E-state index in [-0.39, 0.29) is 0 Å². The molecule has 0 fully saturated rings. The van der Waals surface area contributed by atoms with Crippen LogP contribution >= 0.6 is 0 Å². The SMILES string of the molecule is [CH2]CCN(C(C)C)C(C)C. The molecule has 0 amide bonds. The fourth-order valence-electron chi connectivity index (χ4n) is 1.30. The van der Waals surface area contributed by atoms with Gasteiger partial charge in [-0.15, -0.1) is 0 Å². The van der Waals surface area contributed by atoms with Gasteiger partial charge in [0.1, 0.15) is 0 Å². The van der Waals surface area contributed by atoms with Crippen LogP contribution in [0.5, 0.6) is 0 Å². The van der Waals surface area contributed by atoms with E-state index in [0.29, 0.717) is 12.1 Å². The number of hydrogen-bond donors (Lipinski definition) is 0. The third kappa shape index (κ3) is 3.21. The molecule has 0 spiro atoms. The molecule has 0 aromatic carbocycles. The highest BCUT2D eigenvalue weighted by Gasteiger charge is 2.10. The summed E-state index contributed by atoms with van der Waals surface area (Å²) in [6.45, 7) is 13.9. The molecule has 0 saturated carbocycles. The second kappa shape index (κ2) is 4.73. The van der Waals surface area contributed by atoms with Gasteiger partial charge in [-0.25, -0.2) is 0 Å². The monoisotopic (exact) mass is 142 g/mol. The van der Waals surface area contributed by atoms with Crippen molar-refractivity contribution in [1.29, 1.82) is 0 Å². The molecule has 0 aliphatic rings. The molecule has 0 aliphatic carbocycles. The first-order chi connectivity index (χ1) is 4.59. The molecule has 1 radical (unpaired) electrons. The highest BCUT2D eigenvalue weighted by atomic mass is 15.2. The zero-order valence-electron chi connectivity index (χ0n) is 7.72. The van der Waals surface area contributed by atoms with E-state index in [1.165, 1.54) is 0 Å². The molecule has 0 saturated heterocycles. The largest absolute Gasteiger partial charge is 0.299 e. The zero-order valence-corrected chi connectivity index (χ0v) is 7.72. The lowest BCUT2D eigenvalue weighted by atomic mass is 10.2. The minimum absolute atomic E-state index is 0.654. The highest BCUT2D eigenvalue weighted by molar-refractivity contribution is 4.66. The van der Waals surface area contributed by atoms with E-state index in [1.54, 1.807) is 0 Å². The van der Waals surface area contributed by atoms with Crippen molar-refractivity contribution in [1.82, 2.24) is 4.90 Å². The maximum absolute atomic E-state index is 3.85. The summed E-state index contributed by atoms with van der Waals surface area (Å²) < 4.78 is 0. The van der Waals surface area contributed by atoms with Crippen LogP contribution in [0.2, 0.25) is 0 Å². The Labute approximate surface area is 65.4 Å². The molecular weight excluding hydrogens is 122 g/mol. The average Bonchev–Trinajstić information content (AvgIpc) is 1.81. The van der Waals surface area contributed by atoms with Crippen LogP contribution in [-0.2, 0) is 0 Å². The van der Waals surface area contributed by atoms with E-state index in [4.69, 9.17) is 0 Å². The maximum Gasteiger partial charge on any atom is 0.00412 e. The predicted molar refractivity (Wildman–Crippen MR) is 47.0 cm³/mol. The van der Waals surface area contributed by atoms with Crippen molar-refractivity contribution in [2.75, 3.05) is 6.54 Å². The Morgan fingerprint density at radius 3 is 1.60 bits per heavy atom. The van der Waals surface area contributed by atoms with Crippen LogP contribution in [0.4, 0.5) is 0 Å². The molecule has 0 unspecified atom stereocenters. The van der Waals surface area contributed by atoms with E-state index in [1.807, 2.05) is 0 Å². The average molecular weight is 142 g/mol. The highest BCUT2D eigenvalue weighted by Crippen LogP contribution is 2.04. The van der Waals surface area contributed by atoms with Gasteiger partial charge < -0.3 is 0 Å². The van der Waals surface area contributed by atoms with E-state index < -0.39 is 0 Å². The molecule has 61 valence electrons. The Morgan fingerprint density at radius 1 is 1.10 bits per heavy atom. The van der Waals surface area contributed by atoms with Gasteiger partial charge in [0.25, 0.3) is 0 Å². The molecule has 1 heteroatoms. The van der Waals surface area contributed by atoms with Gasteiger partial charge in [-0.2, -0.15) is 0 Å². The number of hydrogen-bond acceptors (Lipinski definition) is 1. The third-order valence-corrected chi connectivity index (χ3v) is 1.74. The van der Waals surface area contributed by atoms with Crippen molar-refractivity contribution in [2.24, 2.45) is 0 Å². The molecule has 0 bridgehead atoms. The quantitative estimate of drug-likeness (QED) is 0.582. The van der Waals surface area contributed by atoms with Crippen LogP contribution in [-0.4, -0.2) is 23.5 Å². The molecule has 0 N–H and O–H groups in total. The van der Waals surface area contributed by atoms with Crippen LogP contribution in [0.25, 0.3) is 0 Å². The van der Waals surface area contributed by atoms with Crippen molar-refractivity contribution in [3.8, 4) is 0 Å². The maximum atomic E-state index is 3.85. The second-order valence-electron chi connectivity index (χ2n) is 3.28. The van der Waals surface area contributed by atoms with Crippen molar-refractivity contribution >= 4 is 0 Å². The fourth-order valence-corrected chi connectivity index (χ4v) is 1.30. The molecule has 1 nitrogen and oxygen atoms in total. The Bertz CT molecular complexity index is 68.8. The van der Waals surface area contributed by atoms with Crippen molar-refractivity contribution in [3.63, 3.8) is 0 Å². The minimum atomic E-state index is 0.654. The van der Waals surface area contributed by atoms with Gasteiger partial charge in [0, 0.05) is 12.1 Å². The third-order valence-electron chi connectivity index (χ3n) is 1.74.